The number of sulfonamides is 1. The molecule has 0 radical (unpaired) electrons. The van der Waals surface area contributed by atoms with Gasteiger partial charge in [0.2, 0.25) is 10.0 Å². The molecule has 90 valence electrons. The number of hydrogen-bond acceptors (Lipinski definition) is 4. The highest BCUT2D eigenvalue weighted by atomic mass is 32.2. The Kier molecular flexibility index (Phi) is 4.26. The number of aliphatic hydroxyl groups excluding tert-OH is 1. The van der Waals surface area contributed by atoms with Crippen LogP contribution < -0.4 is 4.31 Å². The van der Waals surface area contributed by atoms with Gasteiger partial charge in [-0.1, -0.05) is 6.92 Å². The summed E-state index contributed by atoms with van der Waals surface area (Å²) in [5.74, 6) is 0.357. The number of nitrogens with zero attached hydrogens (tertiary/aromatic N) is 2. The summed E-state index contributed by atoms with van der Waals surface area (Å²) in [6.45, 7) is 1.78. The van der Waals surface area contributed by atoms with Crippen LogP contribution in [0.1, 0.15) is 12.5 Å². The van der Waals surface area contributed by atoms with Crippen molar-refractivity contribution in [3.8, 4) is 0 Å². The van der Waals surface area contributed by atoms with Gasteiger partial charge in [0.25, 0.3) is 0 Å². The SMILES string of the molecule is CCc1ccnc(N(CCO)S(C)(=O)=O)c1. The van der Waals surface area contributed by atoms with E-state index in [4.69, 9.17) is 5.11 Å². The molecule has 0 aliphatic heterocycles. The van der Waals surface area contributed by atoms with Crippen LogP contribution in [0, 0.1) is 0 Å². The van der Waals surface area contributed by atoms with Crippen LogP contribution in [0.2, 0.25) is 0 Å². The minimum atomic E-state index is -3.39. The minimum absolute atomic E-state index is 0.0268. The van der Waals surface area contributed by atoms with Gasteiger partial charge in [-0.25, -0.2) is 13.4 Å². The van der Waals surface area contributed by atoms with Crippen LogP contribution in [0.25, 0.3) is 0 Å². The third-order valence-corrected chi connectivity index (χ3v) is 3.35. The van der Waals surface area contributed by atoms with Crippen molar-refractivity contribution >= 4 is 15.8 Å². The van der Waals surface area contributed by atoms with Crippen molar-refractivity contribution in [2.45, 2.75) is 13.3 Å². The zero-order chi connectivity index (χ0) is 12.2. The van der Waals surface area contributed by atoms with Gasteiger partial charge in [0.05, 0.1) is 19.4 Å². The Morgan fingerprint density at radius 2 is 2.19 bits per heavy atom. The van der Waals surface area contributed by atoms with Crippen molar-refractivity contribution in [1.82, 2.24) is 4.98 Å². The molecule has 0 saturated carbocycles. The lowest BCUT2D eigenvalue weighted by Gasteiger charge is -2.20. The molecule has 16 heavy (non-hydrogen) atoms. The number of aliphatic hydroxyl groups is 1. The molecule has 5 nitrogen and oxygen atoms in total. The monoisotopic (exact) mass is 244 g/mol. The lowest BCUT2D eigenvalue weighted by Crippen LogP contribution is -2.33. The third kappa shape index (κ3) is 3.18. The molecule has 0 unspecified atom stereocenters. The second-order valence-electron chi connectivity index (χ2n) is 3.43. The third-order valence-electron chi connectivity index (χ3n) is 2.18. The second kappa shape index (κ2) is 5.27. The summed E-state index contributed by atoms with van der Waals surface area (Å²) >= 11 is 0. The Morgan fingerprint density at radius 1 is 1.50 bits per heavy atom. The van der Waals surface area contributed by atoms with E-state index in [9.17, 15) is 8.42 Å². The molecule has 0 aliphatic rings. The van der Waals surface area contributed by atoms with Gasteiger partial charge in [0.1, 0.15) is 5.82 Å². The highest BCUT2D eigenvalue weighted by molar-refractivity contribution is 7.92. The minimum Gasteiger partial charge on any atom is -0.394 e. The molecule has 6 heteroatoms. The maximum atomic E-state index is 11.5. The molecule has 1 rings (SSSR count). The van der Waals surface area contributed by atoms with Gasteiger partial charge in [-0.3, -0.25) is 4.31 Å². The molecular formula is C10H16N2O3S. The largest absolute Gasteiger partial charge is 0.394 e. The molecule has 0 amide bonds. The molecule has 0 aliphatic carbocycles. The Morgan fingerprint density at radius 3 is 2.69 bits per heavy atom. The molecule has 0 atom stereocenters. The Labute approximate surface area is 95.8 Å². The molecule has 1 N–H and O–H groups in total. The van der Waals surface area contributed by atoms with E-state index in [1.165, 1.54) is 0 Å². The average Bonchev–Trinajstić information content (AvgIpc) is 2.24. The fourth-order valence-corrected chi connectivity index (χ4v) is 2.21. The fraction of sp³-hybridized carbons (Fsp3) is 0.500. The zero-order valence-corrected chi connectivity index (χ0v) is 10.2. The van der Waals surface area contributed by atoms with Crippen LogP contribution >= 0.6 is 0 Å². The number of aryl methyl sites for hydroxylation is 1. The maximum Gasteiger partial charge on any atom is 0.233 e. The summed E-state index contributed by atoms with van der Waals surface area (Å²) in [6.07, 6.45) is 3.49. The first-order valence-electron chi connectivity index (χ1n) is 5.02. The smallest absolute Gasteiger partial charge is 0.233 e. The molecule has 1 aromatic rings. The number of anilines is 1. The summed E-state index contributed by atoms with van der Waals surface area (Å²) in [4.78, 5) is 4.01. The summed E-state index contributed by atoms with van der Waals surface area (Å²) in [7, 11) is -3.39. The van der Waals surface area contributed by atoms with Crippen molar-refractivity contribution in [2.24, 2.45) is 0 Å². The van der Waals surface area contributed by atoms with Crippen molar-refractivity contribution in [2.75, 3.05) is 23.7 Å². The van der Waals surface area contributed by atoms with Crippen molar-refractivity contribution in [3.05, 3.63) is 23.9 Å². The van der Waals surface area contributed by atoms with E-state index in [0.29, 0.717) is 5.82 Å². The van der Waals surface area contributed by atoms with E-state index >= 15 is 0 Å². The first-order valence-corrected chi connectivity index (χ1v) is 6.87. The summed E-state index contributed by atoms with van der Waals surface area (Å²) in [5, 5.41) is 8.85. The maximum absolute atomic E-state index is 11.5. The summed E-state index contributed by atoms with van der Waals surface area (Å²) in [5.41, 5.74) is 1.01. The van der Waals surface area contributed by atoms with Crippen molar-refractivity contribution in [3.63, 3.8) is 0 Å². The van der Waals surface area contributed by atoms with Crippen LogP contribution in [-0.2, 0) is 16.4 Å². The number of rotatable bonds is 5. The number of pyridine rings is 1. The van der Waals surface area contributed by atoms with Gasteiger partial charge in [-0.05, 0) is 24.1 Å². The molecule has 0 saturated heterocycles. The standard InChI is InChI=1S/C10H16N2O3S/c1-3-9-4-5-11-10(8-9)12(6-7-13)16(2,14)15/h4-5,8,13H,3,6-7H2,1-2H3. The van der Waals surface area contributed by atoms with Gasteiger partial charge in [-0.15, -0.1) is 0 Å². The van der Waals surface area contributed by atoms with Crippen LogP contribution in [0.15, 0.2) is 18.3 Å². The van der Waals surface area contributed by atoms with Crippen LogP contribution in [0.3, 0.4) is 0 Å². The zero-order valence-electron chi connectivity index (χ0n) is 9.42. The van der Waals surface area contributed by atoms with E-state index in [1.54, 1.807) is 12.3 Å². The van der Waals surface area contributed by atoms with Crippen LogP contribution in [0.5, 0.6) is 0 Å². The molecule has 0 fully saturated rings. The predicted molar refractivity (Wildman–Crippen MR) is 62.9 cm³/mol. The van der Waals surface area contributed by atoms with Crippen molar-refractivity contribution in [1.29, 1.82) is 0 Å². The quantitative estimate of drug-likeness (QED) is 0.814. The second-order valence-corrected chi connectivity index (χ2v) is 5.34. The van der Waals surface area contributed by atoms with Crippen molar-refractivity contribution < 1.29 is 13.5 Å². The first-order chi connectivity index (χ1) is 7.49. The summed E-state index contributed by atoms with van der Waals surface area (Å²) in [6, 6.07) is 3.56. The van der Waals surface area contributed by atoms with Gasteiger partial charge in [0, 0.05) is 6.20 Å². The average molecular weight is 244 g/mol. The fourth-order valence-electron chi connectivity index (χ4n) is 1.36. The molecule has 1 aromatic heterocycles. The van der Waals surface area contributed by atoms with Gasteiger partial charge in [-0.2, -0.15) is 0 Å². The van der Waals surface area contributed by atoms with E-state index in [0.717, 1.165) is 22.5 Å². The van der Waals surface area contributed by atoms with E-state index < -0.39 is 10.0 Å². The molecule has 0 aromatic carbocycles. The number of aromatic nitrogens is 1. The van der Waals surface area contributed by atoms with Crippen LogP contribution in [0.4, 0.5) is 5.82 Å². The van der Waals surface area contributed by atoms with Gasteiger partial charge < -0.3 is 5.11 Å². The molecule has 1 heterocycles. The van der Waals surface area contributed by atoms with Gasteiger partial charge in [0.15, 0.2) is 0 Å². The van der Waals surface area contributed by atoms with E-state index in [1.807, 2.05) is 13.0 Å². The van der Waals surface area contributed by atoms with E-state index in [2.05, 4.69) is 4.98 Å². The first kappa shape index (κ1) is 12.9. The topological polar surface area (TPSA) is 70.5 Å². The Hall–Kier alpha value is -1.14. The molecule has 0 spiro atoms. The molecular weight excluding hydrogens is 228 g/mol. The predicted octanol–water partition coefficient (Wildman–Crippen LogP) is 0.402. The highest BCUT2D eigenvalue weighted by Gasteiger charge is 2.17. The Balaban J connectivity index is 3.11. The number of hydrogen-bond donors (Lipinski definition) is 1. The van der Waals surface area contributed by atoms with E-state index in [-0.39, 0.29) is 13.2 Å². The lowest BCUT2D eigenvalue weighted by molar-refractivity contribution is 0.306. The molecule has 0 bridgehead atoms. The normalized spacial score (nSPS) is 11.4. The highest BCUT2D eigenvalue weighted by Crippen LogP contribution is 2.15. The van der Waals surface area contributed by atoms with Gasteiger partial charge >= 0.3 is 0 Å². The Bertz CT molecular complexity index is 445. The summed E-state index contributed by atoms with van der Waals surface area (Å²) < 4.78 is 24.1. The lowest BCUT2D eigenvalue weighted by atomic mass is 10.2. The van der Waals surface area contributed by atoms with Crippen LogP contribution in [-0.4, -0.2) is 37.9 Å².